The number of hydrogen-bond donors (Lipinski definition) is 2. The zero-order chi connectivity index (χ0) is 15.8. The summed E-state index contributed by atoms with van der Waals surface area (Å²) < 4.78 is 25.0. The van der Waals surface area contributed by atoms with Crippen molar-refractivity contribution in [3.63, 3.8) is 0 Å². The summed E-state index contributed by atoms with van der Waals surface area (Å²) in [6.07, 6.45) is 1.73. The summed E-state index contributed by atoms with van der Waals surface area (Å²) in [4.78, 5) is 22.8. The van der Waals surface area contributed by atoms with Crippen LogP contribution >= 0.6 is 0 Å². The Morgan fingerprint density at radius 3 is 2.48 bits per heavy atom. The van der Waals surface area contributed by atoms with Crippen LogP contribution in [0.2, 0.25) is 0 Å². The molecule has 1 aromatic carbocycles. The highest BCUT2D eigenvalue weighted by molar-refractivity contribution is 7.92. The Kier molecular flexibility index (Phi) is 4.04. The lowest BCUT2D eigenvalue weighted by atomic mass is 10.1. The molecule has 21 heavy (non-hydrogen) atoms. The fourth-order valence-corrected chi connectivity index (χ4v) is 3.46. The van der Waals surface area contributed by atoms with Gasteiger partial charge in [-0.2, -0.15) is 0 Å². The van der Waals surface area contributed by atoms with E-state index in [0.717, 1.165) is 18.9 Å². The molecule has 0 saturated heterocycles. The van der Waals surface area contributed by atoms with Crippen LogP contribution in [0.4, 0.5) is 0 Å². The van der Waals surface area contributed by atoms with Crippen LogP contribution in [-0.2, 0) is 14.6 Å². The molecular weight excluding hydrogens is 294 g/mol. The minimum atomic E-state index is -3.92. The Labute approximate surface area is 123 Å². The van der Waals surface area contributed by atoms with Crippen LogP contribution in [-0.4, -0.2) is 36.7 Å². The second-order valence-corrected chi connectivity index (χ2v) is 7.49. The monoisotopic (exact) mass is 311 g/mol. The molecule has 1 amide bonds. The third-order valence-corrected chi connectivity index (χ3v) is 5.70. The zero-order valence-electron chi connectivity index (χ0n) is 11.8. The summed E-state index contributed by atoms with van der Waals surface area (Å²) in [7, 11) is -3.92. The van der Waals surface area contributed by atoms with Crippen molar-refractivity contribution < 1.29 is 23.1 Å². The number of benzene rings is 1. The number of carbonyl (C=O) groups is 2. The van der Waals surface area contributed by atoms with Crippen LogP contribution < -0.4 is 5.32 Å². The van der Waals surface area contributed by atoms with Gasteiger partial charge in [0, 0.05) is 6.04 Å². The molecule has 0 spiro atoms. The Morgan fingerprint density at radius 2 is 1.95 bits per heavy atom. The SMILES string of the molecule is Cc1ccc(C(=O)O)cc1S(=O)(=O)C(C)C(=O)NC1CC1. The molecule has 1 atom stereocenters. The number of carboxylic acid groups (broad SMARTS) is 1. The molecule has 1 saturated carbocycles. The molecule has 1 unspecified atom stereocenters. The number of aromatic carboxylic acids is 1. The maximum atomic E-state index is 12.5. The number of hydrogen-bond acceptors (Lipinski definition) is 4. The van der Waals surface area contributed by atoms with Crippen molar-refractivity contribution in [3.8, 4) is 0 Å². The number of nitrogens with one attached hydrogen (secondary N) is 1. The molecule has 7 heteroatoms. The third kappa shape index (κ3) is 3.24. The van der Waals surface area contributed by atoms with Crippen LogP contribution in [0.15, 0.2) is 23.1 Å². The van der Waals surface area contributed by atoms with Crippen LogP contribution in [0.25, 0.3) is 0 Å². The molecule has 0 radical (unpaired) electrons. The highest BCUT2D eigenvalue weighted by Gasteiger charge is 2.34. The maximum Gasteiger partial charge on any atom is 0.335 e. The lowest BCUT2D eigenvalue weighted by Crippen LogP contribution is -2.39. The first-order valence-electron chi connectivity index (χ1n) is 6.61. The first kappa shape index (κ1) is 15.5. The van der Waals surface area contributed by atoms with Crippen LogP contribution in [0.1, 0.15) is 35.7 Å². The highest BCUT2D eigenvalue weighted by Crippen LogP contribution is 2.24. The van der Waals surface area contributed by atoms with E-state index in [4.69, 9.17) is 5.11 Å². The fraction of sp³-hybridized carbons (Fsp3) is 0.429. The van der Waals surface area contributed by atoms with Crippen molar-refractivity contribution in [3.05, 3.63) is 29.3 Å². The van der Waals surface area contributed by atoms with E-state index in [2.05, 4.69) is 5.32 Å². The van der Waals surface area contributed by atoms with E-state index in [1.165, 1.54) is 19.1 Å². The molecular formula is C14H17NO5S. The van der Waals surface area contributed by atoms with Gasteiger partial charge in [-0.25, -0.2) is 13.2 Å². The van der Waals surface area contributed by atoms with E-state index in [-0.39, 0.29) is 16.5 Å². The Hall–Kier alpha value is -1.89. The molecule has 1 aromatic rings. The van der Waals surface area contributed by atoms with Gasteiger partial charge in [-0.15, -0.1) is 0 Å². The van der Waals surface area contributed by atoms with Crippen molar-refractivity contribution in [1.82, 2.24) is 5.32 Å². The lowest BCUT2D eigenvalue weighted by Gasteiger charge is -2.15. The first-order valence-corrected chi connectivity index (χ1v) is 8.16. The van der Waals surface area contributed by atoms with Gasteiger partial charge < -0.3 is 10.4 Å². The van der Waals surface area contributed by atoms with E-state index in [9.17, 15) is 18.0 Å². The van der Waals surface area contributed by atoms with Gasteiger partial charge in [0.1, 0.15) is 5.25 Å². The van der Waals surface area contributed by atoms with Crippen LogP contribution in [0.3, 0.4) is 0 Å². The number of aryl methyl sites for hydroxylation is 1. The quantitative estimate of drug-likeness (QED) is 0.849. The largest absolute Gasteiger partial charge is 0.478 e. The van der Waals surface area contributed by atoms with E-state index < -0.39 is 27.0 Å². The van der Waals surface area contributed by atoms with Gasteiger partial charge in [-0.05, 0) is 44.4 Å². The Balaban J connectivity index is 2.35. The molecule has 0 bridgehead atoms. The van der Waals surface area contributed by atoms with Gasteiger partial charge in [-0.3, -0.25) is 4.79 Å². The molecule has 0 aromatic heterocycles. The summed E-state index contributed by atoms with van der Waals surface area (Å²) in [5.74, 6) is -1.75. The summed E-state index contributed by atoms with van der Waals surface area (Å²) in [6.45, 7) is 2.89. The highest BCUT2D eigenvalue weighted by atomic mass is 32.2. The third-order valence-electron chi connectivity index (χ3n) is 3.50. The standard InChI is InChI=1S/C14H17NO5S/c1-8-3-4-10(14(17)18)7-12(8)21(19,20)9(2)13(16)15-11-5-6-11/h3-4,7,9,11H,5-6H2,1-2H3,(H,15,16)(H,17,18). The fourth-order valence-electron chi connectivity index (χ4n) is 1.92. The van der Waals surface area contributed by atoms with Crippen LogP contribution in [0.5, 0.6) is 0 Å². The molecule has 0 aliphatic heterocycles. The molecule has 1 fully saturated rings. The van der Waals surface area contributed by atoms with Crippen molar-refractivity contribution in [2.24, 2.45) is 0 Å². The molecule has 0 heterocycles. The second kappa shape index (κ2) is 5.48. The average molecular weight is 311 g/mol. The summed E-state index contributed by atoms with van der Waals surface area (Å²) >= 11 is 0. The van der Waals surface area contributed by atoms with Crippen molar-refractivity contribution in [1.29, 1.82) is 0 Å². The predicted octanol–water partition coefficient (Wildman–Crippen LogP) is 1.13. The molecule has 1 aliphatic carbocycles. The average Bonchev–Trinajstić information content (AvgIpc) is 3.21. The number of carbonyl (C=O) groups excluding carboxylic acids is 1. The van der Waals surface area contributed by atoms with Gasteiger partial charge in [0.25, 0.3) is 0 Å². The van der Waals surface area contributed by atoms with Gasteiger partial charge in [0.05, 0.1) is 10.5 Å². The van der Waals surface area contributed by atoms with Gasteiger partial charge in [-0.1, -0.05) is 6.07 Å². The van der Waals surface area contributed by atoms with Gasteiger partial charge >= 0.3 is 5.97 Å². The van der Waals surface area contributed by atoms with Crippen molar-refractivity contribution in [2.75, 3.05) is 0 Å². The Morgan fingerprint density at radius 1 is 1.33 bits per heavy atom. The van der Waals surface area contributed by atoms with E-state index in [1.54, 1.807) is 6.92 Å². The first-order chi connectivity index (χ1) is 9.73. The van der Waals surface area contributed by atoms with Crippen LogP contribution in [0, 0.1) is 6.92 Å². The number of sulfone groups is 1. The zero-order valence-corrected chi connectivity index (χ0v) is 12.6. The maximum absolute atomic E-state index is 12.5. The van der Waals surface area contributed by atoms with Crippen molar-refractivity contribution >= 4 is 21.7 Å². The molecule has 2 rings (SSSR count). The smallest absolute Gasteiger partial charge is 0.335 e. The lowest BCUT2D eigenvalue weighted by molar-refractivity contribution is -0.120. The molecule has 114 valence electrons. The summed E-state index contributed by atoms with van der Waals surface area (Å²) in [5.41, 5.74) is 0.306. The topological polar surface area (TPSA) is 101 Å². The Bertz CT molecular complexity index is 691. The van der Waals surface area contributed by atoms with Gasteiger partial charge in [0.15, 0.2) is 9.84 Å². The van der Waals surface area contributed by atoms with E-state index in [1.807, 2.05) is 0 Å². The number of rotatable bonds is 5. The van der Waals surface area contributed by atoms with Crippen molar-refractivity contribution in [2.45, 2.75) is 42.9 Å². The number of carboxylic acids is 1. The normalized spacial score (nSPS) is 16.3. The number of amides is 1. The molecule has 2 N–H and O–H groups in total. The second-order valence-electron chi connectivity index (χ2n) is 5.26. The minimum absolute atomic E-state index is 0.0709. The molecule has 6 nitrogen and oxygen atoms in total. The minimum Gasteiger partial charge on any atom is -0.478 e. The summed E-state index contributed by atoms with van der Waals surface area (Å²) in [5, 5.41) is 10.4. The van der Waals surface area contributed by atoms with E-state index in [0.29, 0.717) is 5.56 Å². The predicted molar refractivity (Wildman–Crippen MR) is 76.0 cm³/mol. The van der Waals surface area contributed by atoms with E-state index >= 15 is 0 Å². The van der Waals surface area contributed by atoms with Gasteiger partial charge in [0.2, 0.25) is 5.91 Å². The summed E-state index contributed by atoms with van der Waals surface area (Å²) in [6, 6.07) is 3.95. The molecule has 1 aliphatic rings.